The quantitative estimate of drug-likeness (QED) is 0.824. The lowest BCUT2D eigenvalue weighted by molar-refractivity contribution is 0.325. The van der Waals surface area contributed by atoms with Crippen molar-refractivity contribution < 1.29 is 4.74 Å². The van der Waals surface area contributed by atoms with E-state index in [1.807, 2.05) is 34.6 Å². The average Bonchev–Trinajstić information content (AvgIpc) is 2.15. The predicted molar refractivity (Wildman–Crippen MR) is 71.0 cm³/mol. The van der Waals surface area contributed by atoms with Crippen LogP contribution in [0.5, 0.6) is 5.88 Å². The van der Waals surface area contributed by atoms with Crippen LogP contribution in [0.1, 0.15) is 33.5 Å². The molecule has 0 aliphatic carbocycles. The van der Waals surface area contributed by atoms with Crippen molar-refractivity contribution in [3.05, 3.63) is 11.9 Å². The molecule has 0 bridgehead atoms. The highest BCUT2D eigenvalue weighted by Gasteiger charge is 2.24. The third kappa shape index (κ3) is 4.04. The van der Waals surface area contributed by atoms with Crippen molar-refractivity contribution in [1.29, 1.82) is 0 Å². The second kappa shape index (κ2) is 5.54. The van der Waals surface area contributed by atoms with E-state index in [4.69, 9.17) is 16.3 Å². The normalized spacial score (nSPS) is 13.3. The molecule has 1 heterocycles. The lowest BCUT2D eigenvalue weighted by Gasteiger charge is -2.29. The van der Waals surface area contributed by atoms with Gasteiger partial charge in [0.1, 0.15) is 11.6 Å². The molecule has 0 saturated heterocycles. The van der Waals surface area contributed by atoms with Crippen molar-refractivity contribution in [1.82, 2.24) is 9.97 Å². The lowest BCUT2D eigenvalue weighted by atomic mass is 10.0. The first-order valence-electron chi connectivity index (χ1n) is 5.76. The molecule has 0 saturated carbocycles. The first kappa shape index (κ1) is 14.0. The molecular formula is C12H20ClN3O. The Hall–Kier alpha value is -1.03. The standard InChI is InChI=1S/C12H20ClN3O/c1-6-17-11-7-10(14-9(3)15-11)16-12(4,5)8(2)13/h7-8H,6H2,1-5H3,(H,14,15,16). The molecule has 5 heteroatoms. The fraction of sp³-hybridized carbons (Fsp3) is 0.667. The van der Waals surface area contributed by atoms with Gasteiger partial charge in [-0.25, -0.2) is 4.98 Å². The number of nitrogens with one attached hydrogen (secondary N) is 1. The van der Waals surface area contributed by atoms with E-state index in [-0.39, 0.29) is 10.9 Å². The summed E-state index contributed by atoms with van der Waals surface area (Å²) in [4.78, 5) is 8.51. The molecule has 0 radical (unpaired) electrons. The highest BCUT2D eigenvalue weighted by atomic mass is 35.5. The van der Waals surface area contributed by atoms with Gasteiger partial charge in [0.05, 0.1) is 12.0 Å². The van der Waals surface area contributed by atoms with Gasteiger partial charge < -0.3 is 10.1 Å². The van der Waals surface area contributed by atoms with E-state index in [1.54, 1.807) is 6.07 Å². The van der Waals surface area contributed by atoms with Crippen LogP contribution in [-0.4, -0.2) is 27.5 Å². The van der Waals surface area contributed by atoms with Gasteiger partial charge in [-0.3, -0.25) is 0 Å². The maximum absolute atomic E-state index is 6.12. The van der Waals surface area contributed by atoms with E-state index < -0.39 is 0 Å². The van der Waals surface area contributed by atoms with Gasteiger partial charge in [0.15, 0.2) is 0 Å². The summed E-state index contributed by atoms with van der Waals surface area (Å²) in [5.74, 6) is 2.00. The van der Waals surface area contributed by atoms with Gasteiger partial charge in [-0.2, -0.15) is 4.98 Å². The first-order chi connectivity index (χ1) is 7.85. The molecule has 1 aromatic rings. The van der Waals surface area contributed by atoms with Crippen molar-refractivity contribution in [2.45, 2.75) is 45.5 Å². The van der Waals surface area contributed by atoms with Crippen LogP contribution in [-0.2, 0) is 0 Å². The zero-order chi connectivity index (χ0) is 13.1. The van der Waals surface area contributed by atoms with Crippen LogP contribution in [0.2, 0.25) is 0 Å². The van der Waals surface area contributed by atoms with E-state index in [0.29, 0.717) is 18.3 Å². The summed E-state index contributed by atoms with van der Waals surface area (Å²) in [5, 5.41) is 3.27. The number of hydrogen-bond donors (Lipinski definition) is 1. The summed E-state index contributed by atoms with van der Waals surface area (Å²) < 4.78 is 5.38. The molecule has 0 spiro atoms. The minimum Gasteiger partial charge on any atom is -0.478 e. The number of halogens is 1. The lowest BCUT2D eigenvalue weighted by Crippen LogP contribution is -2.39. The highest BCUT2D eigenvalue weighted by Crippen LogP contribution is 2.22. The zero-order valence-electron chi connectivity index (χ0n) is 11.0. The van der Waals surface area contributed by atoms with Crippen LogP contribution < -0.4 is 10.1 Å². The van der Waals surface area contributed by atoms with Crippen LogP contribution >= 0.6 is 11.6 Å². The van der Waals surface area contributed by atoms with Gasteiger partial charge in [0.2, 0.25) is 5.88 Å². The Bertz CT molecular complexity index is 380. The van der Waals surface area contributed by atoms with Crippen LogP contribution in [0.25, 0.3) is 0 Å². The maximum Gasteiger partial charge on any atom is 0.218 e. The summed E-state index contributed by atoms with van der Waals surface area (Å²) in [6.45, 7) is 10.4. The Morgan fingerprint density at radius 3 is 2.65 bits per heavy atom. The third-order valence-electron chi connectivity index (χ3n) is 2.55. The number of anilines is 1. The molecule has 96 valence electrons. The second-order valence-corrected chi connectivity index (χ2v) is 5.19. The van der Waals surface area contributed by atoms with E-state index in [1.165, 1.54) is 0 Å². The Morgan fingerprint density at radius 2 is 2.12 bits per heavy atom. The number of nitrogens with zero attached hydrogens (tertiary/aromatic N) is 2. The van der Waals surface area contributed by atoms with Gasteiger partial charge in [-0.1, -0.05) is 0 Å². The number of rotatable bonds is 5. The number of aryl methyl sites for hydroxylation is 1. The number of hydrogen-bond acceptors (Lipinski definition) is 4. The van der Waals surface area contributed by atoms with Crippen molar-refractivity contribution >= 4 is 17.4 Å². The van der Waals surface area contributed by atoms with E-state index in [9.17, 15) is 0 Å². The Labute approximate surface area is 108 Å². The molecule has 0 fully saturated rings. The molecule has 4 nitrogen and oxygen atoms in total. The Morgan fingerprint density at radius 1 is 1.47 bits per heavy atom. The molecule has 0 aromatic carbocycles. The molecule has 1 N–H and O–H groups in total. The fourth-order valence-corrected chi connectivity index (χ4v) is 1.31. The predicted octanol–water partition coefficient (Wildman–Crippen LogP) is 3.00. The Balaban J connectivity index is 2.91. The molecule has 0 amide bonds. The molecule has 17 heavy (non-hydrogen) atoms. The smallest absolute Gasteiger partial charge is 0.218 e. The minimum atomic E-state index is -0.244. The Kier molecular flexibility index (Phi) is 4.57. The topological polar surface area (TPSA) is 47.0 Å². The van der Waals surface area contributed by atoms with Crippen molar-refractivity contribution in [3.63, 3.8) is 0 Å². The molecular weight excluding hydrogens is 238 g/mol. The van der Waals surface area contributed by atoms with Crippen molar-refractivity contribution in [3.8, 4) is 5.88 Å². The monoisotopic (exact) mass is 257 g/mol. The van der Waals surface area contributed by atoms with Gasteiger partial charge in [-0.05, 0) is 34.6 Å². The fourth-order valence-electron chi connectivity index (χ4n) is 1.26. The minimum absolute atomic E-state index is 0.0201. The molecule has 0 aliphatic rings. The maximum atomic E-state index is 6.12. The van der Waals surface area contributed by atoms with E-state index in [2.05, 4.69) is 15.3 Å². The van der Waals surface area contributed by atoms with Crippen LogP contribution in [0.15, 0.2) is 6.07 Å². The molecule has 1 unspecified atom stereocenters. The first-order valence-corrected chi connectivity index (χ1v) is 6.19. The van der Waals surface area contributed by atoms with Crippen LogP contribution in [0.3, 0.4) is 0 Å². The van der Waals surface area contributed by atoms with Gasteiger partial charge in [-0.15, -0.1) is 11.6 Å². The van der Waals surface area contributed by atoms with Gasteiger partial charge in [0.25, 0.3) is 0 Å². The molecule has 1 aromatic heterocycles. The number of aromatic nitrogens is 2. The van der Waals surface area contributed by atoms with E-state index >= 15 is 0 Å². The van der Waals surface area contributed by atoms with E-state index in [0.717, 1.165) is 5.82 Å². The van der Waals surface area contributed by atoms with Crippen LogP contribution in [0, 0.1) is 6.92 Å². The summed E-state index contributed by atoms with van der Waals surface area (Å²) in [6.07, 6.45) is 0. The SMILES string of the molecule is CCOc1cc(NC(C)(C)C(C)Cl)nc(C)n1. The van der Waals surface area contributed by atoms with Crippen molar-refractivity contribution in [2.75, 3.05) is 11.9 Å². The zero-order valence-corrected chi connectivity index (χ0v) is 11.8. The largest absolute Gasteiger partial charge is 0.478 e. The summed E-state index contributed by atoms with van der Waals surface area (Å²) in [7, 11) is 0. The van der Waals surface area contributed by atoms with Crippen molar-refractivity contribution in [2.24, 2.45) is 0 Å². The second-order valence-electron chi connectivity index (χ2n) is 4.53. The number of alkyl halides is 1. The van der Waals surface area contributed by atoms with Gasteiger partial charge in [0, 0.05) is 11.6 Å². The highest BCUT2D eigenvalue weighted by molar-refractivity contribution is 6.21. The summed E-state index contributed by atoms with van der Waals surface area (Å²) in [6, 6.07) is 1.79. The average molecular weight is 258 g/mol. The third-order valence-corrected chi connectivity index (χ3v) is 3.10. The molecule has 1 rings (SSSR count). The molecule has 0 aliphatic heterocycles. The summed E-state index contributed by atoms with van der Waals surface area (Å²) in [5.41, 5.74) is -0.244. The number of ether oxygens (including phenoxy) is 1. The van der Waals surface area contributed by atoms with Crippen LogP contribution in [0.4, 0.5) is 5.82 Å². The summed E-state index contributed by atoms with van der Waals surface area (Å²) >= 11 is 6.12. The molecule has 1 atom stereocenters. The van der Waals surface area contributed by atoms with Gasteiger partial charge >= 0.3 is 0 Å².